The quantitative estimate of drug-likeness (QED) is 0.860. The van der Waals surface area contributed by atoms with Crippen molar-refractivity contribution in [3.05, 3.63) is 29.3 Å². The van der Waals surface area contributed by atoms with Crippen molar-refractivity contribution in [2.24, 2.45) is 0 Å². The summed E-state index contributed by atoms with van der Waals surface area (Å²) >= 11 is 0. The van der Waals surface area contributed by atoms with E-state index in [0.717, 1.165) is 18.2 Å². The Kier molecular flexibility index (Phi) is 5.82. The summed E-state index contributed by atoms with van der Waals surface area (Å²) in [4.78, 5) is 1.99. The Labute approximate surface area is 132 Å². The smallest absolute Gasteiger partial charge is 0.390 e. The van der Waals surface area contributed by atoms with Crippen LogP contribution in [-0.2, 0) is 10.9 Å². The number of anilines is 1. The number of halogens is 3. The van der Waals surface area contributed by atoms with Gasteiger partial charge in [-0.3, -0.25) is 4.90 Å². The van der Waals surface area contributed by atoms with Gasteiger partial charge in [0.2, 0.25) is 0 Å². The van der Waals surface area contributed by atoms with E-state index in [4.69, 9.17) is 10.00 Å². The van der Waals surface area contributed by atoms with Crippen LogP contribution in [0.2, 0.25) is 0 Å². The predicted molar refractivity (Wildman–Crippen MR) is 77.9 cm³/mol. The summed E-state index contributed by atoms with van der Waals surface area (Å²) in [7, 11) is 0. The molecule has 1 atom stereocenters. The number of benzene rings is 1. The second kappa shape index (κ2) is 7.64. The Hall–Kier alpha value is -1.82. The van der Waals surface area contributed by atoms with E-state index >= 15 is 0 Å². The van der Waals surface area contributed by atoms with Gasteiger partial charge in [-0.25, -0.2) is 0 Å². The largest absolute Gasteiger partial charge is 0.418 e. The lowest BCUT2D eigenvalue weighted by Crippen LogP contribution is -2.42. The maximum Gasteiger partial charge on any atom is 0.418 e. The number of nitrogens with zero attached hydrogens (tertiary/aromatic N) is 2. The summed E-state index contributed by atoms with van der Waals surface area (Å²) in [6.07, 6.45) is -5.34. The van der Waals surface area contributed by atoms with Gasteiger partial charge in [0.05, 0.1) is 36.5 Å². The van der Waals surface area contributed by atoms with E-state index in [1.54, 1.807) is 0 Å². The van der Waals surface area contributed by atoms with Gasteiger partial charge in [0.15, 0.2) is 0 Å². The number of alkyl halides is 3. The molecule has 0 amide bonds. The normalized spacial score (nSPS) is 17.5. The SMILES string of the molecule is N#Cc1ccc(C(F)(F)F)c(NC[C@@H](O)CN2CCOCC2)c1. The summed E-state index contributed by atoms with van der Waals surface area (Å²) in [6, 6.07) is 4.94. The predicted octanol–water partition coefficient (Wildman–Crippen LogP) is 1.68. The first-order valence-corrected chi connectivity index (χ1v) is 7.23. The molecule has 8 heteroatoms. The van der Waals surface area contributed by atoms with Gasteiger partial charge in [-0.2, -0.15) is 18.4 Å². The van der Waals surface area contributed by atoms with E-state index in [2.05, 4.69) is 5.32 Å². The number of β-amino-alcohol motifs (C(OH)–C–C–N with tert-alkyl or cyclic N) is 1. The maximum absolute atomic E-state index is 13.0. The zero-order chi connectivity index (χ0) is 16.9. The third-order valence-corrected chi connectivity index (χ3v) is 3.55. The Morgan fingerprint density at radius 3 is 2.65 bits per heavy atom. The van der Waals surface area contributed by atoms with Gasteiger partial charge >= 0.3 is 6.18 Å². The lowest BCUT2D eigenvalue weighted by Gasteiger charge is -2.28. The van der Waals surface area contributed by atoms with Crippen LogP contribution in [0, 0.1) is 11.3 Å². The standard InChI is InChI=1S/C15H18F3N3O2/c16-15(17,18)13-2-1-11(8-19)7-14(13)20-9-12(22)10-21-3-5-23-6-4-21/h1-2,7,12,20,22H,3-6,9-10H2/t12-/m1/s1. The van der Waals surface area contributed by atoms with E-state index in [1.807, 2.05) is 11.0 Å². The van der Waals surface area contributed by atoms with Crippen LogP contribution in [0.3, 0.4) is 0 Å². The summed E-state index contributed by atoms with van der Waals surface area (Å²) in [5.41, 5.74) is -0.921. The maximum atomic E-state index is 13.0. The molecule has 1 heterocycles. The van der Waals surface area contributed by atoms with Crippen molar-refractivity contribution in [2.45, 2.75) is 12.3 Å². The topological polar surface area (TPSA) is 68.5 Å². The van der Waals surface area contributed by atoms with Crippen LogP contribution in [0.4, 0.5) is 18.9 Å². The molecule has 1 fully saturated rings. The molecule has 5 nitrogen and oxygen atoms in total. The molecule has 23 heavy (non-hydrogen) atoms. The van der Waals surface area contributed by atoms with Crippen LogP contribution in [-0.4, -0.2) is 55.5 Å². The molecule has 126 valence electrons. The number of rotatable bonds is 5. The average molecular weight is 329 g/mol. The highest BCUT2D eigenvalue weighted by molar-refractivity contribution is 5.57. The molecule has 0 unspecified atom stereocenters. The molecule has 1 aromatic rings. The van der Waals surface area contributed by atoms with Gasteiger partial charge in [0.1, 0.15) is 0 Å². The third kappa shape index (κ3) is 5.10. The van der Waals surface area contributed by atoms with Gasteiger partial charge in [0.25, 0.3) is 0 Å². The summed E-state index contributed by atoms with van der Waals surface area (Å²) < 4.78 is 44.1. The van der Waals surface area contributed by atoms with Gasteiger partial charge < -0.3 is 15.2 Å². The van der Waals surface area contributed by atoms with Crippen molar-refractivity contribution < 1.29 is 23.0 Å². The molecule has 0 aliphatic carbocycles. The molecule has 1 saturated heterocycles. The molecule has 0 radical (unpaired) electrons. The first-order chi connectivity index (χ1) is 10.9. The summed E-state index contributed by atoms with van der Waals surface area (Å²) in [5.74, 6) is 0. The Balaban J connectivity index is 1.99. The Morgan fingerprint density at radius 2 is 2.04 bits per heavy atom. The minimum Gasteiger partial charge on any atom is -0.390 e. The Morgan fingerprint density at radius 1 is 1.35 bits per heavy atom. The van der Waals surface area contributed by atoms with Crippen LogP contribution in [0.15, 0.2) is 18.2 Å². The average Bonchev–Trinajstić information content (AvgIpc) is 2.52. The number of nitriles is 1. The van der Waals surface area contributed by atoms with E-state index in [-0.39, 0.29) is 17.8 Å². The fraction of sp³-hybridized carbons (Fsp3) is 0.533. The van der Waals surface area contributed by atoms with Gasteiger partial charge in [0, 0.05) is 31.9 Å². The summed E-state index contributed by atoms with van der Waals surface area (Å²) in [6.45, 7) is 2.87. The number of aliphatic hydroxyl groups is 1. The van der Waals surface area contributed by atoms with Gasteiger partial charge in [-0.15, -0.1) is 0 Å². The highest BCUT2D eigenvalue weighted by atomic mass is 19.4. The summed E-state index contributed by atoms with van der Waals surface area (Å²) in [5, 5.41) is 21.4. The van der Waals surface area contributed by atoms with Crippen LogP contribution >= 0.6 is 0 Å². The van der Waals surface area contributed by atoms with E-state index in [9.17, 15) is 18.3 Å². The van der Waals surface area contributed by atoms with Crippen molar-refractivity contribution in [1.82, 2.24) is 4.90 Å². The first kappa shape index (κ1) is 17.5. The van der Waals surface area contributed by atoms with E-state index < -0.39 is 17.8 Å². The monoisotopic (exact) mass is 329 g/mol. The lowest BCUT2D eigenvalue weighted by molar-refractivity contribution is -0.137. The van der Waals surface area contributed by atoms with Crippen molar-refractivity contribution >= 4 is 5.69 Å². The van der Waals surface area contributed by atoms with Crippen molar-refractivity contribution in [2.75, 3.05) is 44.7 Å². The number of ether oxygens (including phenoxy) is 1. The van der Waals surface area contributed by atoms with Gasteiger partial charge in [-0.05, 0) is 18.2 Å². The Bertz CT molecular complexity index is 566. The molecule has 2 N–H and O–H groups in total. The fourth-order valence-electron chi connectivity index (χ4n) is 2.38. The van der Waals surface area contributed by atoms with E-state index in [1.165, 1.54) is 0 Å². The van der Waals surface area contributed by atoms with Crippen LogP contribution < -0.4 is 5.32 Å². The number of nitrogens with one attached hydrogen (secondary N) is 1. The van der Waals surface area contributed by atoms with E-state index in [0.29, 0.717) is 32.8 Å². The molecular formula is C15H18F3N3O2. The van der Waals surface area contributed by atoms with Crippen molar-refractivity contribution in [3.8, 4) is 6.07 Å². The third-order valence-electron chi connectivity index (χ3n) is 3.55. The van der Waals surface area contributed by atoms with Gasteiger partial charge in [-0.1, -0.05) is 0 Å². The molecule has 0 bridgehead atoms. The van der Waals surface area contributed by atoms with Crippen molar-refractivity contribution in [1.29, 1.82) is 5.26 Å². The number of hydrogen-bond acceptors (Lipinski definition) is 5. The van der Waals surface area contributed by atoms with Crippen LogP contribution in [0.1, 0.15) is 11.1 Å². The van der Waals surface area contributed by atoms with Crippen molar-refractivity contribution in [3.63, 3.8) is 0 Å². The molecule has 2 rings (SSSR count). The lowest BCUT2D eigenvalue weighted by atomic mass is 10.1. The molecular weight excluding hydrogens is 311 g/mol. The molecule has 1 aliphatic rings. The zero-order valence-electron chi connectivity index (χ0n) is 12.4. The molecule has 1 aliphatic heterocycles. The number of aliphatic hydroxyl groups excluding tert-OH is 1. The zero-order valence-corrected chi connectivity index (χ0v) is 12.4. The number of morpholine rings is 1. The molecule has 0 spiro atoms. The second-order valence-corrected chi connectivity index (χ2v) is 5.32. The minimum atomic E-state index is -4.52. The minimum absolute atomic E-state index is 0.0324. The number of hydrogen-bond donors (Lipinski definition) is 2. The van der Waals surface area contributed by atoms with Crippen LogP contribution in [0.25, 0.3) is 0 Å². The second-order valence-electron chi connectivity index (χ2n) is 5.32. The highest BCUT2D eigenvalue weighted by Gasteiger charge is 2.33. The first-order valence-electron chi connectivity index (χ1n) is 7.23. The van der Waals surface area contributed by atoms with Crippen LogP contribution in [0.5, 0.6) is 0 Å². The molecule has 1 aromatic carbocycles. The molecule has 0 saturated carbocycles. The highest BCUT2D eigenvalue weighted by Crippen LogP contribution is 2.35. The molecule has 0 aromatic heterocycles. The fourth-order valence-corrected chi connectivity index (χ4v) is 2.38.